The van der Waals surface area contributed by atoms with Crippen molar-refractivity contribution in [1.82, 2.24) is 10.2 Å². The minimum absolute atomic E-state index is 0.0418. The van der Waals surface area contributed by atoms with Gasteiger partial charge in [0, 0.05) is 38.3 Å². The third-order valence-corrected chi connectivity index (χ3v) is 4.75. The Morgan fingerprint density at radius 3 is 2.68 bits per heavy atom. The highest BCUT2D eigenvalue weighted by Gasteiger charge is 2.38. The molecule has 1 aromatic rings. The van der Waals surface area contributed by atoms with Gasteiger partial charge in [-0.25, -0.2) is 0 Å². The van der Waals surface area contributed by atoms with E-state index in [1.54, 1.807) is 4.90 Å². The summed E-state index contributed by atoms with van der Waals surface area (Å²) in [6.45, 7) is 4.32. The van der Waals surface area contributed by atoms with Crippen LogP contribution < -0.4 is 10.2 Å². The minimum atomic E-state index is -0.223. The molecule has 0 spiro atoms. The molecular weight excluding hydrogens is 278 g/mol. The minimum Gasteiger partial charge on any atom is -0.341 e. The first-order valence-corrected chi connectivity index (χ1v) is 7.90. The first-order chi connectivity index (χ1) is 10.6. The van der Waals surface area contributed by atoms with Gasteiger partial charge in [-0.3, -0.25) is 9.59 Å². The number of rotatable bonds is 3. The maximum absolute atomic E-state index is 12.6. The fraction of sp³-hybridized carbons (Fsp3) is 0.529. The van der Waals surface area contributed by atoms with E-state index in [4.69, 9.17) is 0 Å². The average Bonchev–Trinajstić information content (AvgIpc) is 3.16. The topological polar surface area (TPSA) is 52.7 Å². The van der Waals surface area contributed by atoms with Gasteiger partial charge in [-0.15, -0.1) is 0 Å². The molecule has 2 saturated heterocycles. The molecule has 2 atom stereocenters. The van der Waals surface area contributed by atoms with Crippen molar-refractivity contribution in [3.63, 3.8) is 0 Å². The molecule has 0 saturated carbocycles. The zero-order valence-electron chi connectivity index (χ0n) is 13.2. The Kier molecular flexibility index (Phi) is 4.16. The van der Waals surface area contributed by atoms with E-state index < -0.39 is 0 Å². The summed E-state index contributed by atoms with van der Waals surface area (Å²) < 4.78 is 0. The molecule has 2 heterocycles. The SMILES string of the molecule is Cc1ccc(N2CC(C(=O)N(C)C3CCNC3)CC2=O)cc1. The molecule has 0 aromatic heterocycles. The number of amides is 2. The third kappa shape index (κ3) is 2.86. The quantitative estimate of drug-likeness (QED) is 0.912. The molecule has 0 aliphatic carbocycles. The van der Waals surface area contributed by atoms with Gasteiger partial charge in [-0.2, -0.15) is 0 Å². The Labute approximate surface area is 131 Å². The summed E-state index contributed by atoms with van der Waals surface area (Å²) >= 11 is 0. The molecular formula is C17H23N3O2. The molecule has 0 bridgehead atoms. The molecule has 5 heteroatoms. The molecule has 22 heavy (non-hydrogen) atoms. The molecule has 0 radical (unpaired) electrons. The zero-order chi connectivity index (χ0) is 15.7. The van der Waals surface area contributed by atoms with E-state index in [-0.39, 0.29) is 23.8 Å². The number of likely N-dealkylation sites (N-methyl/N-ethyl adjacent to an activating group) is 1. The van der Waals surface area contributed by atoms with E-state index in [0.717, 1.165) is 30.8 Å². The van der Waals surface area contributed by atoms with E-state index in [1.807, 2.05) is 43.1 Å². The lowest BCUT2D eigenvalue weighted by Gasteiger charge is -2.26. The first kappa shape index (κ1) is 15.0. The van der Waals surface area contributed by atoms with E-state index in [9.17, 15) is 9.59 Å². The maximum Gasteiger partial charge on any atom is 0.228 e. The second-order valence-electron chi connectivity index (χ2n) is 6.34. The van der Waals surface area contributed by atoms with Gasteiger partial charge in [0.1, 0.15) is 0 Å². The van der Waals surface area contributed by atoms with E-state index in [2.05, 4.69) is 5.32 Å². The number of aryl methyl sites for hydroxylation is 1. The standard InChI is InChI=1S/C17H23N3O2/c1-12-3-5-14(6-4-12)20-11-13(9-16(20)21)17(22)19(2)15-7-8-18-10-15/h3-6,13,15,18H,7-11H2,1-2H3. The predicted molar refractivity (Wildman–Crippen MR) is 85.7 cm³/mol. The number of nitrogens with zero attached hydrogens (tertiary/aromatic N) is 2. The van der Waals surface area contributed by atoms with Gasteiger partial charge in [-0.1, -0.05) is 17.7 Å². The number of anilines is 1. The monoisotopic (exact) mass is 301 g/mol. The molecule has 2 aliphatic rings. The lowest BCUT2D eigenvalue weighted by molar-refractivity contribution is -0.136. The number of hydrogen-bond acceptors (Lipinski definition) is 3. The van der Waals surface area contributed by atoms with E-state index in [0.29, 0.717) is 13.0 Å². The molecule has 2 amide bonds. The van der Waals surface area contributed by atoms with Gasteiger partial charge in [0.25, 0.3) is 0 Å². The van der Waals surface area contributed by atoms with Gasteiger partial charge in [0.15, 0.2) is 0 Å². The molecule has 1 aromatic carbocycles. The number of hydrogen-bond donors (Lipinski definition) is 1. The van der Waals surface area contributed by atoms with Crippen molar-refractivity contribution in [2.75, 3.05) is 31.6 Å². The highest BCUT2D eigenvalue weighted by atomic mass is 16.2. The van der Waals surface area contributed by atoms with Crippen LogP contribution >= 0.6 is 0 Å². The van der Waals surface area contributed by atoms with Crippen molar-refractivity contribution in [2.24, 2.45) is 5.92 Å². The second kappa shape index (κ2) is 6.08. The Balaban J connectivity index is 1.68. The third-order valence-electron chi connectivity index (χ3n) is 4.75. The summed E-state index contributed by atoms with van der Waals surface area (Å²) in [4.78, 5) is 28.5. The summed E-state index contributed by atoms with van der Waals surface area (Å²) in [5.41, 5.74) is 2.05. The Bertz CT molecular complexity index is 564. The second-order valence-corrected chi connectivity index (χ2v) is 6.34. The van der Waals surface area contributed by atoms with Crippen molar-refractivity contribution < 1.29 is 9.59 Å². The zero-order valence-corrected chi connectivity index (χ0v) is 13.2. The maximum atomic E-state index is 12.6. The van der Waals surface area contributed by atoms with E-state index >= 15 is 0 Å². The summed E-state index contributed by atoms with van der Waals surface area (Å²) in [5, 5.41) is 3.28. The van der Waals surface area contributed by atoms with Crippen LogP contribution in [-0.4, -0.2) is 49.4 Å². The number of carbonyl (C=O) groups is 2. The van der Waals surface area contributed by atoms with Gasteiger partial charge in [0.2, 0.25) is 11.8 Å². The first-order valence-electron chi connectivity index (χ1n) is 7.90. The van der Waals surface area contributed by atoms with Crippen LogP contribution in [0.3, 0.4) is 0 Å². The van der Waals surface area contributed by atoms with Crippen molar-refractivity contribution in [1.29, 1.82) is 0 Å². The van der Waals surface area contributed by atoms with Crippen LogP contribution in [0.4, 0.5) is 5.69 Å². The van der Waals surface area contributed by atoms with Crippen LogP contribution in [-0.2, 0) is 9.59 Å². The van der Waals surface area contributed by atoms with Crippen molar-refractivity contribution in [3.8, 4) is 0 Å². The van der Waals surface area contributed by atoms with Crippen LogP contribution in [0.2, 0.25) is 0 Å². The lowest BCUT2D eigenvalue weighted by atomic mass is 10.1. The highest BCUT2D eigenvalue weighted by molar-refractivity contribution is 6.00. The number of benzene rings is 1. The molecule has 2 unspecified atom stereocenters. The van der Waals surface area contributed by atoms with Crippen molar-refractivity contribution >= 4 is 17.5 Å². The van der Waals surface area contributed by atoms with Crippen molar-refractivity contribution in [3.05, 3.63) is 29.8 Å². The Morgan fingerprint density at radius 2 is 2.05 bits per heavy atom. The lowest BCUT2D eigenvalue weighted by Crippen LogP contribution is -2.42. The summed E-state index contributed by atoms with van der Waals surface area (Å²) in [7, 11) is 1.86. The van der Waals surface area contributed by atoms with Gasteiger partial charge in [-0.05, 0) is 32.0 Å². The van der Waals surface area contributed by atoms with Gasteiger partial charge >= 0.3 is 0 Å². The van der Waals surface area contributed by atoms with Crippen LogP contribution in [0, 0.1) is 12.8 Å². The van der Waals surface area contributed by atoms with Gasteiger partial charge in [0.05, 0.1) is 5.92 Å². The molecule has 1 N–H and O–H groups in total. The summed E-state index contributed by atoms with van der Waals surface area (Å²) in [6.07, 6.45) is 1.31. The van der Waals surface area contributed by atoms with Crippen LogP contribution in [0.25, 0.3) is 0 Å². The number of carbonyl (C=O) groups excluding carboxylic acids is 2. The fourth-order valence-corrected chi connectivity index (χ4v) is 3.29. The predicted octanol–water partition coefficient (Wildman–Crippen LogP) is 1.17. The molecule has 3 rings (SSSR count). The summed E-state index contributed by atoms with van der Waals surface area (Å²) in [6, 6.07) is 8.15. The van der Waals surface area contributed by atoms with Gasteiger partial charge < -0.3 is 15.1 Å². The molecule has 5 nitrogen and oxygen atoms in total. The average molecular weight is 301 g/mol. The van der Waals surface area contributed by atoms with Crippen LogP contribution in [0.5, 0.6) is 0 Å². The van der Waals surface area contributed by atoms with Crippen LogP contribution in [0.15, 0.2) is 24.3 Å². The highest BCUT2D eigenvalue weighted by Crippen LogP contribution is 2.27. The largest absolute Gasteiger partial charge is 0.341 e. The molecule has 2 fully saturated rings. The normalized spacial score (nSPS) is 24.8. The van der Waals surface area contributed by atoms with Crippen molar-refractivity contribution in [2.45, 2.75) is 25.8 Å². The molecule has 118 valence electrons. The summed E-state index contributed by atoms with van der Waals surface area (Å²) in [5.74, 6) is -0.0868. The fourth-order valence-electron chi connectivity index (χ4n) is 3.29. The van der Waals surface area contributed by atoms with E-state index in [1.165, 1.54) is 0 Å². The number of nitrogens with one attached hydrogen (secondary N) is 1. The van der Waals surface area contributed by atoms with Crippen LogP contribution in [0.1, 0.15) is 18.4 Å². The Hall–Kier alpha value is -1.88. The Morgan fingerprint density at radius 1 is 1.32 bits per heavy atom. The molecule has 2 aliphatic heterocycles. The smallest absolute Gasteiger partial charge is 0.228 e.